The van der Waals surface area contributed by atoms with Gasteiger partial charge in [0.05, 0.1) is 5.39 Å². The van der Waals surface area contributed by atoms with Crippen molar-refractivity contribution in [1.82, 2.24) is 14.5 Å². The third-order valence-electron chi connectivity index (χ3n) is 4.89. The molecular weight excluding hydrogens is 262 g/mol. The first-order chi connectivity index (χ1) is 10.2. The molecular formula is C16H23N5. The Hall–Kier alpha value is -1.78. The Balaban J connectivity index is 1.89. The molecule has 4 heterocycles. The van der Waals surface area contributed by atoms with Crippen LogP contribution < -0.4 is 9.80 Å². The number of hydrogen-bond acceptors (Lipinski definition) is 4. The van der Waals surface area contributed by atoms with Crippen molar-refractivity contribution in [2.24, 2.45) is 7.05 Å². The Morgan fingerprint density at radius 1 is 0.905 bits per heavy atom. The second kappa shape index (κ2) is 4.90. The summed E-state index contributed by atoms with van der Waals surface area (Å²) in [5.41, 5.74) is 2.32. The van der Waals surface area contributed by atoms with E-state index in [1.54, 1.807) is 0 Å². The van der Waals surface area contributed by atoms with Gasteiger partial charge in [0.1, 0.15) is 11.5 Å². The molecule has 5 nitrogen and oxygen atoms in total. The van der Waals surface area contributed by atoms with E-state index in [2.05, 4.69) is 34.4 Å². The van der Waals surface area contributed by atoms with Crippen molar-refractivity contribution in [3.05, 3.63) is 11.8 Å². The van der Waals surface area contributed by atoms with Crippen molar-refractivity contribution in [3.63, 3.8) is 0 Å². The van der Waals surface area contributed by atoms with E-state index in [4.69, 9.17) is 9.97 Å². The van der Waals surface area contributed by atoms with E-state index in [9.17, 15) is 0 Å². The molecule has 0 atom stereocenters. The molecule has 0 N–H and O–H groups in total. The fourth-order valence-electron chi connectivity index (χ4n) is 3.52. The van der Waals surface area contributed by atoms with Crippen LogP contribution in [0.3, 0.4) is 0 Å². The van der Waals surface area contributed by atoms with Gasteiger partial charge in [0.15, 0.2) is 0 Å². The van der Waals surface area contributed by atoms with E-state index in [0.29, 0.717) is 0 Å². The molecule has 0 saturated carbocycles. The van der Waals surface area contributed by atoms with Gasteiger partial charge in [-0.3, -0.25) is 0 Å². The second-order valence-electron chi connectivity index (χ2n) is 6.32. The summed E-state index contributed by atoms with van der Waals surface area (Å²) in [4.78, 5) is 14.6. The highest BCUT2D eigenvalue weighted by atomic mass is 15.3. The van der Waals surface area contributed by atoms with Gasteiger partial charge in [-0.1, -0.05) is 0 Å². The number of nitrogens with zero attached hydrogens (tertiary/aromatic N) is 5. The zero-order chi connectivity index (χ0) is 14.4. The van der Waals surface area contributed by atoms with Crippen molar-refractivity contribution in [2.45, 2.75) is 32.6 Å². The standard InChI is InChI=1S/C16H23N5/c1-12-11-13-14(19(12)2)17-16(21-9-5-6-10-21)18-15(13)20-7-3-4-8-20/h11H,3-10H2,1-2H3. The van der Waals surface area contributed by atoms with E-state index < -0.39 is 0 Å². The highest BCUT2D eigenvalue weighted by Crippen LogP contribution is 2.31. The highest BCUT2D eigenvalue weighted by Gasteiger charge is 2.23. The zero-order valence-electron chi connectivity index (χ0n) is 13.0. The van der Waals surface area contributed by atoms with Crippen molar-refractivity contribution in [2.75, 3.05) is 36.0 Å². The highest BCUT2D eigenvalue weighted by molar-refractivity contribution is 5.90. The quantitative estimate of drug-likeness (QED) is 0.849. The van der Waals surface area contributed by atoms with Gasteiger partial charge in [-0.2, -0.15) is 9.97 Å². The van der Waals surface area contributed by atoms with Crippen LogP contribution in [0.1, 0.15) is 31.4 Å². The molecule has 2 aromatic heterocycles. The molecule has 0 aliphatic carbocycles. The smallest absolute Gasteiger partial charge is 0.229 e. The van der Waals surface area contributed by atoms with Gasteiger partial charge in [-0.15, -0.1) is 0 Å². The van der Waals surface area contributed by atoms with Crippen molar-refractivity contribution in [3.8, 4) is 0 Å². The Morgan fingerprint density at radius 2 is 1.52 bits per heavy atom. The fraction of sp³-hybridized carbons (Fsp3) is 0.625. The lowest BCUT2D eigenvalue weighted by molar-refractivity contribution is 0.860. The molecule has 2 aliphatic rings. The monoisotopic (exact) mass is 285 g/mol. The SMILES string of the molecule is Cc1cc2c(N3CCCC3)nc(N3CCCC3)nc2n1C. The number of aryl methyl sites for hydroxylation is 2. The van der Waals surface area contributed by atoms with Crippen molar-refractivity contribution >= 4 is 22.8 Å². The van der Waals surface area contributed by atoms with Crippen LogP contribution in [-0.2, 0) is 7.05 Å². The molecule has 4 rings (SSSR count). The van der Waals surface area contributed by atoms with E-state index in [1.165, 1.54) is 36.8 Å². The molecule has 0 aromatic carbocycles. The number of hydrogen-bond donors (Lipinski definition) is 0. The summed E-state index contributed by atoms with van der Waals surface area (Å²) in [7, 11) is 2.10. The lowest BCUT2D eigenvalue weighted by Gasteiger charge is -2.21. The lowest BCUT2D eigenvalue weighted by Crippen LogP contribution is -2.24. The first kappa shape index (κ1) is 12.9. The Labute approximate surface area is 125 Å². The first-order valence-corrected chi connectivity index (χ1v) is 8.08. The normalized spacial score (nSPS) is 19.1. The van der Waals surface area contributed by atoms with Crippen LogP contribution in [0, 0.1) is 6.92 Å². The molecule has 0 radical (unpaired) electrons. The minimum absolute atomic E-state index is 0.920. The summed E-state index contributed by atoms with van der Waals surface area (Å²) in [6.07, 6.45) is 5.06. The lowest BCUT2D eigenvalue weighted by atomic mass is 10.3. The molecule has 112 valence electrons. The third kappa shape index (κ3) is 2.06. The summed E-state index contributed by atoms with van der Waals surface area (Å²) in [6, 6.07) is 2.23. The van der Waals surface area contributed by atoms with E-state index in [1.807, 2.05) is 0 Å². The van der Waals surface area contributed by atoms with Gasteiger partial charge in [-0.05, 0) is 38.7 Å². The average molecular weight is 285 g/mol. The molecule has 2 aromatic rings. The molecule has 21 heavy (non-hydrogen) atoms. The summed E-state index contributed by atoms with van der Waals surface area (Å²) >= 11 is 0. The predicted octanol–water partition coefficient (Wildman–Crippen LogP) is 2.48. The van der Waals surface area contributed by atoms with Gasteiger partial charge in [0.25, 0.3) is 0 Å². The van der Waals surface area contributed by atoms with Crippen molar-refractivity contribution < 1.29 is 0 Å². The topological polar surface area (TPSA) is 37.2 Å². The van der Waals surface area contributed by atoms with Crippen LogP contribution in [0.4, 0.5) is 11.8 Å². The molecule has 2 saturated heterocycles. The Kier molecular flexibility index (Phi) is 3.01. The maximum absolute atomic E-state index is 4.95. The van der Waals surface area contributed by atoms with E-state index >= 15 is 0 Å². The first-order valence-electron chi connectivity index (χ1n) is 8.08. The van der Waals surface area contributed by atoms with Crippen LogP contribution in [0.5, 0.6) is 0 Å². The van der Waals surface area contributed by atoms with Gasteiger partial charge in [-0.25, -0.2) is 0 Å². The summed E-state index contributed by atoms with van der Waals surface area (Å²) in [5.74, 6) is 2.06. The van der Waals surface area contributed by atoms with Gasteiger partial charge in [0, 0.05) is 38.9 Å². The van der Waals surface area contributed by atoms with Crippen LogP contribution >= 0.6 is 0 Å². The maximum atomic E-state index is 4.95. The Bertz CT molecular complexity index is 663. The molecule has 0 spiro atoms. The number of aromatic nitrogens is 3. The predicted molar refractivity (Wildman–Crippen MR) is 86.1 cm³/mol. The van der Waals surface area contributed by atoms with Gasteiger partial charge in [0.2, 0.25) is 5.95 Å². The minimum atomic E-state index is 0.920. The molecule has 0 unspecified atom stereocenters. The number of rotatable bonds is 2. The molecule has 5 heteroatoms. The van der Waals surface area contributed by atoms with E-state index in [-0.39, 0.29) is 0 Å². The number of anilines is 2. The molecule has 2 fully saturated rings. The van der Waals surface area contributed by atoms with Crippen LogP contribution in [0.15, 0.2) is 6.07 Å². The minimum Gasteiger partial charge on any atom is -0.356 e. The molecule has 0 bridgehead atoms. The fourth-order valence-corrected chi connectivity index (χ4v) is 3.52. The second-order valence-corrected chi connectivity index (χ2v) is 6.32. The van der Waals surface area contributed by atoms with Crippen LogP contribution in [-0.4, -0.2) is 40.7 Å². The van der Waals surface area contributed by atoms with Crippen molar-refractivity contribution in [1.29, 1.82) is 0 Å². The summed E-state index contributed by atoms with van der Waals surface area (Å²) < 4.78 is 2.19. The van der Waals surface area contributed by atoms with Gasteiger partial charge < -0.3 is 14.4 Å². The maximum Gasteiger partial charge on any atom is 0.229 e. The molecule has 2 aliphatic heterocycles. The summed E-state index contributed by atoms with van der Waals surface area (Å²) in [6.45, 7) is 6.58. The average Bonchev–Trinajstić information content (AvgIpc) is 3.22. The number of fused-ring (bicyclic) bond motifs is 1. The van der Waals surface area contributed by atoms with Gasteiger partial charge >= 0.3 is 0 Å². The third-order valence-corrected chi connectivity index (χ3v) is 4.89. The van der Waals surface area contributed by atoms with E-state index in [0.717, 1.165) is 43.6 Å². The molecule has 0 amide bonds. The zero-order valence-corrected chi connectivity index (χ0v) is 13.0. The summed E-state index contributed by atoms with van der Waals surface area (Å²) in [5, 5.41) is 1.21. The van der Waals surface area contributed by atoms with Crippen LogP contribution in [0.25, 0.3) is 11.0 Å². The largest absolute Gasteiger partial charge is 0.356 e. The Morgan fingerprint density at radius 3 is 2.19 bits per heavy atom. The van der Waals surface area contributed by atoms with Crippen LogP contribution in [0.2, 0.25) is 0 Å².